The molecule has 11 heavy (non-hydrogen) atoms. The molecule has 0 aliphatic heterocycles. The minimum absolute atomic E-state index is 0.0162. The van der Waals surface area contributed by atoms with Crippen LogP contribution in [0.5, 0.6) is 0 Å². The summed E-state index contributed by atoms with van der Waals surface area (Å²) < 4.78 is 0. The van der Waals surface area contributed by atoms with Crippen LogP contribution in [0.2, 0.25) is 0 Å². The molecular formula is C10H20O. The molecule has 1 nitrogen and oxygen atoms in total. The van der Waals surface area contributed by atoms with Gasteiger partial charge in [-0.05, 0) is 24.7 Å². The first-order chi connectivity index (χ1) is 5.24. The maximum atomic E-state index is 9.72. The van der Waals surface area contributed by atoms with Gasteiger partial charge in [0, 0.05) is 0 Å². The minimum atomic E-state index is -0.0162. The van der Waals surface area contributed by atoms with Gasteiger partial charge in [-0.2, -0.15) is 0 Å². The Kier molecular flexibility index (Phi) is 3.38. The van der Waals surface area contributed by atoms with Crippen molar-refractivity contribution in [3.8, 4) is 0 Å². The molecule has 1 N–H and O–H groups in total. The summed E-state index contributed by atoms with van der Waals surface area (Å²) in [6.07, 6.45) is 6.02. The molecule has 0 spiro atoms. The Balaban J connectivity index is 2.43. The monoisotopic (exact) mass is 156 g/mol. The standard InChI is InChI=1S/C10H20O/c1-3-9-6-4-5-8(2)7-10(9)11/h8-11H,3-7H2,1-2H3. The fourth-order valence-corrected chi connectivity index (χ4v) is 2.12. The van der Waals surface area contributed by atoms with Crippen LogP contribution in [0.4, 0.5) is 0 Å². The van der Waals surface area contributed by atoms with Crippen molar-refractivity contribution >= 4 is 0 Å². The molecule has 0 radical (unpaired) electrons. The second-order valence-electron chi connectivity index (χ2n) is 4.01. The maximum absolute atomic E-state index is 9.72. The quantitative estimate of drug-likeness (QED) is 0.578. The number of hydrogen-bond donors (Lipinski definition) is 1. The van der Waals surface area contributed by atoms with Gasteiger partial charge in [0.15, 0.2) is 0 Å². The summed E-state index contributed by atoms with van der Waals surface area (Å²) >= 11 is 0. The molecule has 0 amide bonds. The average Bonchev–Trinajstić information content (AvgIpc) is 2.11. The first-order valence-electron chi connectivity index (χ1n) is 4.92. The molecule has 1 fully saturated rings. The second-order valence-corrected chi connectivity index (χ2v) is 4.01. The maximum Gasteiger partial charge on any atom is 0.0570 e. The lowest BCUT2D eigenvalue weighted by molar-refractivity contribution is 0.0895. The van der Waals surface area contributed by atoms with E-state index in [0.29, 0.717) is 5.92 Å². The molecule has 3 atom stereocenters. The van der Waals surface area contributed by atoms with E-state index < -0.39 is 0 Å². The Bertz CT molecular complexity index is 111. The predicted octanol–water partition coefficient (Wildman–Crippen LogP) is 2.58. The molecule has 1 aliphatic rings. The largest absolute Gasteiger partial charge is 0.393 e. The van der Waals surface area contributed by atoms with Gasteiger partial charge >= 0.3 is 0 Å². The second kappa shape index (κ2) is 4.10. The number of hydrogen-bond acceptors (Lipinski definition) is 1. The van der Waals surface area contributed by atoms with Crippen LogP contribution in [0.3, 0.4) is 0 Å². The van der Waals surface area contributed by atoms with E-state index in [9.17, 15) is 5.11 Å². The molecule has 0 heterocycles. The van der Waals surface area contributed by atoms with Gasteiger partial charge in [-0.3, -0.25) is 0 Å². The molecule has 3 unspecified atom stereocenters. The highest BCUT2D eigenvalue weighted by atomic mass is 16.3. The highest BCUT2D eigenvalue weighted by molar-refractivity contribution is 4.74. The molecular weight excluding hydrogens is 136 g/mol. The molecule has 66 valence electrons. The molecule has 1 rings (SSSR count). The van der Waals surface area contributed by atoms with E-state index in [4.69, 9.17) is 0 Å². The zero-order valence-corrected chi connectivity index (χ0v) is 7.71. The summed E-state index contributed by atoms with van der Waals surface area (Å²) in [5.74, 6) is 1.32. The van der Waals surface area contributed by atoms with Gasteiger partial charge in [0.05, 0.1) is 6.10 Å². The first kappa shape index (κ1) is 9.05. The molecule has 0 aromatic carbocycles. The van der Waals surface area contributed by atoms with E-state index in [1.54, 1.807) is 0 Å². The highest BCUT2D eigenvalue weighted by Gasteiger charge is 2.22. The van der Waals surface area contributed by atoms with Crippen LogP contribution in [-0.4, -0.2) is 11.2 Å². The fourth-order valence-electron chi connectivity index (χ4n) is 2.12. The zero-order valence-electron chi connectivity index (χ0n) is 7.71. The van der Waals surface area contributed by atoms with Gasteiger partial charge in [0.1, 0.15) is 0 Å². The van der Waals surface area contributed by atoms with E-state index in [1.807, 2.05) is 0 Å². The summed E-state index contributed by atoms with van der Waals surface area (Å²) in [7, 11) is 0. The van der Waals surface area contributed by atoms with E-state index in [-0.39, 0.29) is 6.10 Å². The summed E-state index contributed by atoms with van der Waals surface area (Å²) in [5.41, 5.74) is 0. The van der Waals surface area contributed by atoms with Crippen LogP contribution in [0.15, 0.2) is 0 Å². The van der Waals surface area contributed by atoms with E-state index in [0.717, 1.165) is 18.8 Å². The van der Waals surface area contributed by atoms with Gasteiger partial charge in [-0.1, -0.05) is 33.1 Å². The van der Waals surface area contributed by atoms with E-state index in [2.05, 4.69) is 13.8 Å². The highest BCUT2D eigenvalue weighted by Crippen LogP contribution is 2.28. The van der Waals surface area contributed by atoms with Gasteiger partial charge in [-0.15, -0.1) is 0 Å². The Hall–Kier alpha value is -0.0400. The Morgan fingerprint density at radius 3 is 2.73 bits per heavy atom. The van der Waals surface area contributed by atoms with Gasteiger partial charge in [0.2, 0.25) is 0 Å². The van der Waals surface area contributed by atoms with Crippen molar-refractivity contribution in [2.75, 3.05) is 0 Å². The third-order valence-electron chi connectivity index (χ3n) is 2.98. The Morgan fingerprint density at radius 1 is 1.36 bits per heavy atom. The van der Waals surface area contributed by atoms with Crippen molar-refractivity contribution in [1.29, 1.82) is 0 Å². The molecule has 0 saturated heterocycles. The van der Waals surface area contributed by atoms with Crippen LogP contribution in [0.25, 0.3) is 0 Å². The normalized spacial score (nSPS) is 40.1. The smallest absolute Gasteiger partial charge is 0.0570 e. The number of aliphatic hydroxyl groups excluding tert-OH is 1. The zero-order chi connectivity index (χ0) is 8.27. The lowest BCUT2D eigenvalue weighted by atomic mass is 9.93. The topological polar surface area (TPSA) is 20.2 Å². The summed E-state index contributed by atoms with van der Waals surface area (Å²) in [6.45, 7) is 4.44. The molecule has 0 aromatic heterocycles. The lowest BCUT2D eigenvalue weighted by Crippen LogP contribution is -2.19. The van der Waals surface area contributed by atoms with Crippen molar-refractivity contribution in [1.82, 2.24) is 0 Å². The van der Waals surface area contributed by atoms with Crippen molar-refractivity contribution in [2.45, 2.75) is 52.1 Å². The van der Waals surface area contributed by atoms with Gasteiger partial charge in [0.25, 0.3) is 0 Å². The molecule has 1 aliphatic carbocycles. The molecule has 1 heteroatoms. The summed E-state index contributed by atoms with van der Waals surface area (Å²) in [6, 6.07) is 0. The molecule has 0 bridgehead atoms. The minimum Gasteiger partial charge on any atom is -0.393 e. The van der Waals surface area contributed by atoms with Crippen LogP contribution in [0.1, 0.15) is 46.0 Å². The van der Waals surface area contributed by atoms with Gasteiger partial charge < -0.3 is 5.11 Å². The lowest BCUT2D eigenvalue weighted by Gasteiger charge is -2.18. The first-order valence-corrected chi connectivity index (χ1v) is 4.92. The number of rotatable bonds is 1. The number of aliphatic hydroxyl groups is 1. The summed E-state index contributed by atoms with van der Waals surface area (Å²) in [4.78, 5) is 0. The third-order valence-corrected chi connectivity index (χ3v) is 2.98. The molecule has 1 saturated carbocycles. The van der Waals surface area contributed by atoms with Crippen molar-refractivity contribution in [2.24, 2.45) is 11.8 Å². The Morgan fingerprint density at radius 2 is 2.09 bits per heavy atom. The van der Waals surface area contributed by atoms with Crippen molar-refractivity contribution < 1.29 is 5.11 Å². The SMILES string of the molecule is CCC1CCCC(C)CC1O. The van der Waals surface area contributed by atoms with Crippen LogP contribution >= 0.6 is 0 Å². The average molecular weight is 156 g/mol. The molecule has 0 aromatic rings. The predicted molar refractivity (Wildman–Crippen MR) is 47.4 cm³/mol. The van der Waals surface area contributed by atoms with Crippen molar-refractivity contribution in [3.05, 3.63) is 0 Å². The van der Waals surface area contributed by atoms with E-state index in [1.165, 1.54) is 19.3 Å². The van der Waals surface area contributed by atoms with Gasteiger partial charge in [-0.25, -0.2) is 0 Å². The third kappa shape index (κ3) is 2.48. The fraction of sp³-hybridized carbons (Fsp3) is 1.00. The van der Waals surface area contributed by atoms with Crippen molar-refractivity contribution in [3.63, 3.8) is 0 Å². The van der Waals surface area contributed by atoms with Crippen LogP contribution in [0, 0.1) is 11.8 Å². The van der Waals surface area contributed by atoms with Crippen LogP contribution < -0.4 is 0 Å². The summed E-state index contributed by atoms with van der Waals surface area (Å²) in [5, 5.41) is 9.72. The van der Waals surface area contributed by atoms with E-state index >= 15 is 0 Å². The Labute approximate surface area is 69.8 Å². The van der Waals surface area contributed by atoms with Crippen LogP contribution in [-0.2, 0) is 0 Å².